The van der Waals surface area contributed by atoms with Crippen LogP contribution < -0.4 is 0 Å². The molecule has 1 rings (SSSR count). The molecule has 0 atom stereocenters. The number of benzene rings is 1. The number of thiol groups is 1. The summed E-state index contributed by atoms with van der Waals surface area (Å²) >= 11 is 7.58. The van der Waals surface area contributed by atoms with Crippen molar-refractivity contribution in [1.29, 1.82) is 0 Å². The molecule has 0 aliphatic carbocycles. The fraction of sp³-hybridized carbons (Fsp3) is 0.250. The molecule has 1 aromatic rings. The summed E-state index contributed by atoms with van der Waals surface area (Å²) in [5.41, 5.74) is 2.59. The fourth-order valence-electron chi connectivity index (χ4n) is 0.811. The first-order valence-corrected chi connectivity index (χ1v) is 4.87. The van der Waals surface area contributed by atoms with Gasteiger partial charge < -0.3 is 0 Å². The van der Waals surface area contributed by atoms with Crippen LogP contribution in [0.4, 0.5) is 0 Å². The van der Waals surface area contributed by atoms with Crippen LogP contribution in [0.3, 0.4) is 0 Å². The Hall–Kier alpha value is 0.0500. The van der Waals surface area contributed by atoms with Crippen molar-refractivity contribution < 1.29 is 0 Å². The summed E-state index contributed by atoms with van der Waals surface area (Å²) in [6, 6.07) is 8.39. The maximum absolute atomic E-state index is 4.18. The molecule has 1 aromatic carbocycles. The Kier molecular flexibility index (Phi) is 3.29. The summed E-state index contributed by atoms with van der Waals surface area (Å²) in [6.07, 6.45) is 0. The number of hydrogen-bond acceptors (Lipinski definition) is 1. The van der Waals surface area contributed by atoms with E-state index < -0.39 is 0 Å². The molecule has 0 nitrogen and oxygen atoms in total. The van der Waals surface area contributed by atoms with Gasteiger partial charge in [0.25, 0.3) is 0 Å². The Bertz CT molecular complexity index is 191. The van der Waals surface area contributed by atoms with Crippen molar-refractivity contribution in [1.82, 2.24) is 0 Å². The van der Waals surface area contributed by atoms with Crippen molar-refractivity contribution >= 4 is 28.6 Å². The van der Waals surface area contributed by atoms with Crippen LogP contribution in [-0.4, -0.2) is 0 Å². The first-order valence-electron chi connectivity index (χ1n) is 3.11. The molecule has 0 heterocycles. The normalized spacial score (nSPS) is 9.80. The quantitative estimate of drug-likeness (QED) is 0.571. The molecule has 2 heteroatoms. The second kappa shape index (κ2) is 4.04. The first kappa shape index (κ1) is 8.15. The zero-order valence-electron chi connectivity index (χ0n) is 5.55. The van der Waals surface area contributed by atoms with E-state index in [0.717, 1.165) is 11.1 Å². The third-order valence-corrected chi connectivity index (χ3v) is 2.34. The lowest BCUT2D eigenvalue weighted by molar-refractivity contribution is 1.35. The highest BCUT2D eigenvalue weighted by atomic mass is 79.9. The van der Waals surface area contributed by atoms with E-state index in [2.05, 4.69) is 52.8 Å². The molecular formula is C8H9BrS. The summed E-state index contributed by atoms with van der Waals surface area (Å²) in [5.74, 6) is 0.820. The summed E-state index contributed by atoms with van der Waals surface area (Å²) in [4.78, 5) is 0. The van der Waals surface area contributed by atoms with Crippen molar-refractivity contribution in [3.8, 4) is 0 Å². The standard InChI is InChI=1S/C8H9BrS/c9-5-7-2-1-3-8(4-7)6-10/h1-4,10H,5-6H2. The molecular weight excluding hydrogens is 208 g/mol. The van der Waals surface area contributed by atoms with E-state index in [9.17, 15) is 0 Å². The van der Waals surface area contributed by atoms with Gasteiger partial charge in [0.05, 0.1) is 0 Å². The van der Waals surface area contributed by atoms with E-state index in [1.807, 2.05) is 0 Å². The van der Waals surface area contributed by atoms with Gasteiger partial charge in [-0.3, -0.25) is 0 Å². The molecule has 0 saturated carbocycles. The fourth-order valence-corrected chi connectivity index (χ4v) is 1.36. The van der Waals surface area contributed by atoms with Gasteiger partial charge in [0.15, 0.2) is 0 Å². The second-order valence-electron chi connectivity index (χ2n) is 2.11. The minimum Gasteiger partial charge on any atom is -0.175 e. The lowest BCUT2D eigenvalue weighted by Crippen LogP contribution is -1.80. The minimum atomic E-state index is 0.820. The van der Waals surface area contributed by atoms with Crippen LogP contribution in [-0.2, 0) is 11.1 Å². The maximum atomic E-state index is 4.18. The maximum Gasteiger partial charge on any atom is 0.0283 e. The van der Waals surface area contributed by atoms with Crippen LogP contribution in [0.1, 0.15) is 11.1 Å². The monoisotopic (exact) mass is 216 g/mol. The largest absolute Gasteiger partial charge is 0.175 e. The molecule has 0 N–H and O–H groups in total. The van der Waals surface area contributed by atoms with Crippen molar-refractivity contribution in [3.05, 3.63) is 35.4 Å². The zero-order valence-corrected chi connectivity index (χ0v) is 8.03. The molecule has 10 heavy (non-hydrogen) atoms. The summed E-state index contributed by atoms with van der Waals surface area (Å²) < 4.78 is 0. The highest BCUT2D eigenvalue weighted by Crippen LogP contribution is 2.09. The van der Waals surface area contributed by atoms with E-state index in [1.54, 1.807) is 0 Å². The zero-order chi connectivity index (χ0) is 7.40. The molecule has 0 bridgehead atoms. The molecule has 0 aromatic heterocycles. The molecule has 0 unspecified atom stereocenters. The van der Waals surface area contributed by atoms with E-state index in [-0.39, 0.29) is 0 Å². The van der Waals surface area contributed by atoms with Crippen molar-refractivity contribution in [2.45, 2.75) is 11.1 Å². The van der Waals surface area contributed by atoms with Crippen molar-refractivity contribution in [3.63, 3.8) is 0 Å². The molecule has 0 spiro atoms. The molecule has 0 aliphatic rings. The summed E-state index contributed by atoms with van der Waals surface area (Å²) in [6.45, 7) is 0. The SMILES string of the molecule is SCc1cccc(CBr)c1. The number of hydrogen-bond donors (Lipinski definition) is 1. The molecule has 0 amide bonds. The Morgan fingerprint density at radius 3 is 2.60 bits per heavy atom. The van der Waals surface area contributed by atoms with Crippen LogP contribution in [0, 0.1) is 0 Å². The highest BCUT2D eigenvalue weighted by molar-refractivity contribution is 9.08. The van der Waals surface area contributed by atoms with Gasteiger partial charge in [0.1, 0.15) is 0 Å². The summed E-state index contributed by atoms with van der Waals surface area (Å²) in [7, 11) is 0. The predicted octanol–water partition coefficient (Wildman–Crippen LogP) is 3.01. The van der Waals surface area contributed by atoms with Gasteiger partial charge in [-0.2, -0.15) is 12.6 Å². The van der Waals surface area contributed by atoms with E-state index in [4.69, 9.17) is 0 Å². The van der Waals surface area contributed by atoms with Crippen LogP contribution in [0.5, 0.6) is 0 Å². The number of rotatable bonds is 2. The summed E-state index contributed by atoms with van der Waals surface area (Å²) in [5, 5.41) is 0.925. The topological polar surface area (TPSA) is 0 Å². The molecule has 0 aliphatic heterocycles. The van der Waals surface area contributed by atoms with E-state index >= 15 is 0 Å². The Balaban J connectivity index is 2.87. The van der Waals surface area contributed by atoms with Gasteiger partial charge in [-0.15, -0.1) is 0 Å². The Labute approximate surface area is 75.2 Å². The van der Waals surface area contributed by atoms with Crippen molar-refractivity contribution in [2.24, 2.45) is 0 Å². The lowest BCUT2D eigenvalue weighted by atomic mass is 10.2. The highest BCUT2D eigenvalue weighted by Gasteiger charge is 1.90. The molecule has 0 fully saturated rings. The predicted molar refractivity (Wildman–Crippen MR) is 51.8 cm³/mol. The number of alkyl halides is 1. The molecule has 54 valence electrons. The van der Waals surface area contributed by atoms with Crippen LogP contribution in [0.25, 0.3) is 0 Å². The minimum absolute atomic E-state index is 0.820. The Morgan fingerprint density at radius 2 is 2.00 bits per heavy atom. The third kappa shape index (κ3) is 2.03. The average molecular weight is 217 g/mol. The molecule has 0 saturated heterocycles. The van der Waals surface area contributed by atoms with Gasteiger partial charge >= 0.3 is 0 Å². The van der Waals surface area contributed by atoms with E-state index in [0.29, 0.717) is 0 Å². The van der Waals surface area contributed by atoms with Gasteiger partial charge in [-0.25, -0.2) is 0 Å². The Morgan fingerprint density at radius 1 is 1.30 bits per heavy atom. The van der Waals surface area contributed by atoms with Crippen LogP contribution in [0.2, 0.25) is 0 Å². The van der Waals surface area contributed by atoms with Crippen LogP contribution in [0.15, 0.2) is 24.3 Å². The van der Waals surface area contributed by atoms with Gasteiger partial charge in [-0.05, 0) is 11.1 Å². The van der Waals surface area contributed by atoms with Gasteiger partial charge in [0.2, 0.25) is 0 Å². The van der Waals surface area contributed by atoms with Gasteiger partial charge in [-0.1, -0.05) is 40.2 Å². The van der Waals surface area contributed by atoms with E-state index in [1.165, 1.54) is 11.1 Å². The first-order chi connectivity index (χ1) is 4.86. The molecule has 0 radical (unpaired) electrons. The second-order valence-corrected chi connectivity index (χ2v) is 2.99. The van der Waals surface area contributed by atoms with Gasteiger partial charge in [0, 0.05) is 11.1 Å². The smallest absolute Gasteiger partial charge is 0.0283 e. The average Bonchev–Trinajstić information content (AvgIpc) is 2.05. The lowest BCUT2D eigenvalue weighted by Gasteiger charge is -1.97. The van der Waals surface area contributed by atoms with Crippen molar-refractivity contribution in [2.75, 3.05) is 0 Å². The third-order valence-electron chi connectivity index (χ3n) is 1.33. The number of halogens is 1. The van der Waals surface area contributed by atoms with Crippen LogP contribution >= 0.6 is 28.6 Å².